The number of nitrogen functional groups attached to an aromatic ring is 1. The number of aromatic nitrogens is 1. The molecule has 2 bridgehead atoms. The Bertz CT molecular complexity index is 1100. The summed E-state index contributed by atoms with van der Waals surface area (Å²) in [4.78, 5) is 8.74. The molecule has 1 atom stereocenters. The van der Waals surface area contributed by atoms with Gasteiger partial charge in [0.25, 0.3) is 0 Å². The lowest BCUT2D eigenvalue weighted by molar-refractivity contribution is 0.226. The van der Waals surface area contributed by atoms with E-state index >= 15 is 0 Å². The monoisotopic (exact) mass is 443 g/mol. The van der Waals surface area contributed by atoms with Gasteiger partial charge in [-0.3, -0.25) is 10.4 Å². The Kier molecular flexibility index (Phi) is 6.86. The second-order valence-corrected chi connectivity index (χ2v) is 7.16. The van der Waals surface area contributed by atoms with E-state index in [0.29, 0.717) is 46.1 Å². The van der Waals surface area contributed by atoms with Crippen molar-refractivity contribution in [3.05, 3.63) is 59.0 Å². The maximum absolute atomic E-state index is 14.1. The van der Waals surface area contributed by atoms with Crippen molar-refractivity contribution in [2.75, 3.05) is 18.8 Å². The van der Waals surface area contributed by atoms with Gasteiger partial charge in [0, 0.05) is 35.1 Å². The Hall–Kier alpha value is -3.46. The molecule has 8 nitrogen and oxygen atoms in total. The van der Waals surface area contributed by atoms with Gasteiger partial charge in [-0.05, 0) is 44.2 Å². The van der Waals surface area contributed by atoms with Gasteiger partial charge in [0.05, 0.1) is 12.3 Å². The number of hydrogen-bond acceptors (Lipinski definition) is 8. The molecular formula is C21H23ClFN7O. The average molecular weight is 444 g/mol. The van der Waals surface area contributed by atoms with Gasteiger partial charge >= 0.3 is 0 Å². The van der Waals surface area contributed by atoms with E-state index in [2.05, 4.69) is 20.4 Å². The number of hydrazone groups is 1. The Morgan fingerprint density at radius 1 is 1.45 bits per heavy atom. The third kappa shape index (κ3) is 5.00. The van der Waals surface area contributed by atoms with E-state index < -0.39 is 11.9 Å². The number of nitrogens with two attached hydrogens (primary N) is 2. The number of nitrogens with zero attached hydrogens (tertiary/aromatic N) is 3. The fourth-order valence-corrected chi connectivity index (χ4v) is 3.38. The summed E-state index contributed by atoms with van der Waals surface area (Å²) in [6, 6.07) is 6.00. The van der Waals surface area contributed by atoms with E-state index in [0.717, 1.165) is 0 Å². The third-order valence-corrected chi connectivity index (χ3v) is 4.77. The molecule has 162 valence electrons. The number of anilines is 1. The number of nitrogens with one attached hydrogen (secondary N) is 2. The molecule has 1 aliphatic rings. The van der Waals surface area contributed by atoms with Crippen molar-refractivity contribution in [2.24, 2.45) is 15.9 Å². The molecular weight excluding hydrogens is 421 g/mol. The second-order valence-electron chi connectivity index (χ2n) is 6.76. The number of allylic oxidation sites excluding steroid dienone is 1. The van der Waals surface area contributed by atoms with Crippen molar-refractivity contribution in [1.29, 1.82) is 5.41 Å². The van der Waals surface area contributed by atoms with Gasteiger partial charge in [0.2, 0.25) is 0 Å². The van der Waals surface area contributed by atoms with Crippen molar-refractivity contribution < 1.29 is 9.13 Å². The van der Waals surface area contributed by atoms with E-state index in [4.69, 9.17) is 33.3 Å². The summed E-state index contributed by atoms with van der Waals surface area (Å²) in [5.74, 6) is 5.75. The van der Waals surface area contributed by atoms with Crippen LogP contribution in [0.5, 0.6) is 5.75 Å². The van der Waals surface area contributed by atoms with Crippen LogP contribution in [0.2, 0.25) is 0 Å². The van der Waals surface area contributed by atoms with Gasteiger partial charge in [-0.1, -0.05) is 11.6 Å². The van der Waals surface area contributed by atoms with Gasteiger partial charge in [0.15, 0.2) is 11.6 Å². The Balaban J connectivity index is 2.26. The molecule has 1 aromatic carbocycles. The predicted octanol–water partition coefficient (Wildman–Crippen LogP) is 3.23. The van der Waals surface area contributed by atoms with Gasteiger partial charge in [-0.25, -0.2) is 9.37 Å². The minimum absolute atomic E-state index is 0.178. The third-order valence-electron chi connectivity index (χ3n) is 4.66. The highest BCUT2D eigenvalue weighted by Gasteiger charge is 2.22. The fraction of sp³-hybridized carbons (Fsp3) is 0.238. The van der Waals surface area contributed by atoms with E-state index in [1.807, 2.05) is 6.92 Å². The Labute approximate surface area is 184 Å². The van der Waals surface area contributed by atoms with E-state index in [1.165, 1.54) is 18.2 Å². The zero-order valence-electron chi connectivity index (χ0n) is 17.1. The standard InChI is InChI=1S/C21H23ClFN7O/c1-3-27-20-12-6-18(21(25)29-9-12)31-11(2)15-7-13(23)4-5-14(15)16(8-19(22)24)28-10-17(20)30-26/h4-9,11,24,28H,3,10,26H2,1-2H3,(H2,25,29)/b16-8-,24-19?,27-20?,30-17?/t11-/m1/s1. The lowest BCUT2D eigenvalue weighted by atomic mass is 9.98. The van der Waals surface area contributed by atoms with E-state index in [-0.39, 0.29) is 17.5 Å². The first-order valence-corrected chi connectivity index (χ1v) is 9.95. The van der Waals surface area contributed by atoms with Crippen LogP contribution in [-0.2, 0) is 0 Å². The summed E-state index contributed by atoms with van der Waals surface area (Å²) in [6.45, 7) is 4.33. The van der Waals surface area contributed by atoms with Crippen molar-refractivity contribution in [3.8, 4) is 5.75 Å². The molecule has 3 rings (SSSR count). The van der Waals surface area contributed by atoms with Crippen LogP contribution in [-0.4, -0.2) is 34.7 Å². The lowest BCUT2D eigenvalue weighted by Gasteiger charge is -2.23. The van der Waals surface area contributed by atoms with Crippen molar-refractivity contribution >= 4 is 39.7 Å². The molecule has 0 aliphatic carbocycles. The maximum atomic E-state index is 14.1. The normalized spacial score (nSPS) is 20.4. The molecule has 2 aromatic rings. The molecule has 0 fully saturated rings. The van der Waals surface area contributed by atoms with Crippen LogP contribution in [0.4, 0.5) is 10.2 Å². The molecule has 0 radical (unpaired) electrons. The molecule has 1 aromatic heterocycles. The highest BCUT2D eigenvalue weighted by molar-refractivity contribution is 6.68. The number of fused-ring (bicyclic) bond motifs is 3. The van der Waals surface area contributed by atoms with Crippen molar-refractivity contribution in [1.82, 2.24) is 10.3 Å². The number of pyridine rings is 1. The van der Waals surface area contributed by atoms with Crippen LogP contribution in [0, 0.1) is 11.2 Å². The van der Waals surface area contributed by atoms with Gasteiger partial charge in [-0.2, -0.15) is 5.10 Å². The quantitative estimate of drug-likeness (QED) is 0.321. The van der Waals surface area contributed by atoms with Gasteiger partial charge in [-0.15, -0.1) is 0 Å². The predicted molar refractivity (Wildman–Crippen MR) is 122 cm³/mol. The highest BCUT2D eigenvalue weighted by atomic mass is 35.5. The SMILES string of the molecule is CCN=C1C(=NN)CN/C(=C\C(=N)Cl)c2ccc(F)cc2[C@@H](C)Oc2cc1cnc2N. The van der Waals surface area contributed by atoms with Crippen LogP contribution in [0.15, 0.2) is 46.6 Å². The molecule has 0 spiro atoms. The summed E-state index contributed by atoms with van der Waals surface area (Å²) >= 11 is 5.85. The van der Waals surface area contributed by atoms with Crippen LogP contribution in [0.3, 0.4) is 0 Å². The number of hydrogen-bond donors (Lipinski definition) is 4. The smallest absolute Gasteiger partial charge is 0.166 e. The number of aliphatic imine (C=N–C) groups is 1. The van der Waals surface area contributed by atoms with Crippen molar-refractivity contribution in [3.63, 3.8) is 0 Å². The average Bonchev–Trinajstić information content (AvgIpc) is 2.73. The van der Waals surface area contributed by atoms with Gasteiger partial charge < -0.3 is 21.6 Å². The maximum Gasteiger partial charge on any atom is 0.166 e. The Morgan fingerprint density at radius 2 is 2.23 bits per heavy atom. The molecule has 31 heavy (non-hydrogen) atoms. The molecule has 0 unspecified atom stereocenters. The second kappa shape index (κ2) is 9.57. The molecule has 1 aliphatic heterocycles. The first kappa shape index (κ1) is 22.2. The summed E-state index contributed by atoms with van der Waals surface area (Å²) in [5, 5.41) is 14.6. The molecule has 0 amide bonds. The number of rotatable bonds is 2. The lowest BCUT2D eigenvalue weighted by Crippen LogP contribution is -2.31. The minimum atomic E-state index is -0.589. The first-order valence-electron chi connectivity index (χ1n) is 9.57. The van der Waals surface area contributed by atoms with Crippen LogP contribution < -0.4 is 21.6 Å². The molecule has 0 saturated heterocycles. The summed E-state index contributed by atoms with van der Waals surface area (Å²) in [6.07, 6.45) is 2.40. The van der Waals surface area contributed by atoms with Crippen molar-refractivity contribution in [2.45, 2.75) is 20.0 Å². The summed E-state index contributed by atoms with van der Waals surface area (Å²) in [5.41, 5.74) is 9.26. The summed E-state index contributed by atoms with van der Waals surface area (Å²) in [7, 11) is 0. The number of ether oxygens (including phenoxy) is 1. The zero-order chi connectivity index (χ0) is 22.5. The number of benzene rings is 1. The largest absolute Gasteiger partial charge is 0.482 e. The van der Waals surface area contributed by atoms with E-state index in [1.54, 1.807) is 25.3 Å². The van der Waals surface area contributed by atoms with Crippen LogP contribution in [0.1, 0.15) is 36.6 Å². The molecule has 2 heterocycles. The minimum Gasteiger partial charge on any atom is -0.482 e. The fourth-order valence-electron chi connectivity index (χ4n) is 3.28. The van der Waals surface area contributed by atoms with Crippen LogP contribution >= 0.6 is 11.6 Å². The first-order chi connectivity index (χ1) is 14.8. The molecule has 6 N–H and O–H groups in total. The zero-order valence-corrected chi connectivity index (χ0v) is 17.9. The van der Waals surface area contributed by atoms with E-state index in [9.17, 15) is 4.39 Å². The van der Waals surface area contributed by atoms with Crippen LogP contribution in [0.25, 0.3) is 5.70 Å². The number of halogens is 2. The Morgan fingerprint density at radius 3 is 2.90 bits per heavy atom. The highest BCUT2D eigenvalue weighted by Crippen LogP contribution is 2.31. The molecule has 10 heteroatoms. The topological polar surface area (TPSA) is 135 Å². The molecule has 0 saturated carbocycles. The van der Waals surface area contributed by atoms with Gasteiger partial charge in [0.1, 0.15) is 22.8 Å². The summed E-state index contributed by atoms with van der Waals surface area (Å²) < 4.78 is 20.2.